The molecule has 0 fully saturated rings. The van der Waals surface area contributed by atoms with Gasteiger partial charge in [-0.05, 0) is 72.5 Å². The van der Waals surface area contributed by atoms with Crippen LogP contribution >= 0.6 is 0 Å². The number of aliphatic imine (C=N–C) groups is 2. The molecular weight excluding hydrogens is 540 g/mol. The molecule has 0 atom stereocenters. The summed E-state index contributed by atoms with van der Waals surface area (Å²) in [5.74, 6) is 4.41. The van der Waals surface area contributed by atoms with Gasteiger partial charge in [-0.15, -0.1) is 0 Å². The van der Waals surface area contributed by atoms with Gasteiger partial charge < -0.3 is 14.2 Å². The van der Waals surface area contributed by atoms with Crippen molar-refractivity contribution < 1.29 is 23.3 Å². The van der Waals surface area contributed by atoms with Crippen molar-refractivity contribution in [1.82, 2.24) is 9.13 Å². The van der Waals surface area contributed by atoms with Gasteiger partial charge in [-0.2, -0.15) is 0 Å². The predicted octanol–water partition coefficient (Wildman–Crippen LogP) is 5.15. The fraction of sp³-hybridized carbons (Fsp3) is 0.235. The highest BCUT2D eigenvalue weighted by Crippen LogP contribution is 2.29. The standard InChI is InChI=1S/C34H38N6O3/c1-24-21-29(15-16-30(24)36-32(42-7)34-39(4)19-20-40(34)5)43-28-10-8-9-26(23-28)22-25-11-13-27(14-12-25)35-31(41-6)33-37(2)17-18-38(33)3/h8-21,23H,22H2,1-7H3/q+2. The molecule has 0 radical (unpaired) electrons. The Morgan fingerprint density at radius 1 is 0.721 bits per heavy atom. The summed E-state index contributed by atoms with van der Waals surface area (Å²) in [5.41, 5.74) is 4.97. The summed E-state index contributed by atoms with van der Waals surface area (Å²) in [6, 6.07) is 22.3. The van der Waals surface area contributed by atoms with E-state index in [1.807, 2.05) is 121 Å². The van der Waals surface area contributed by atoms with E-state index in [0.717, 1.165) is 52.1 Å². The van der Waals surface area contributed by atoms with Gasteiger partial charge in [0.05, 0.1) is 53.8 Å². The number of ether oxygens (including phenoxy) is 3. The van der Waals surface area contributed by atoms with Crippen LogP contribution < -0.4 is 13.9 Å². The van der Waals surface area contributed by atoms with E-state index >= 15 is 0 Å². The third-order valence-electron chi connectivity index (χ3n) is 7.23. The monoisotopic (exact) mass is 578 g/mol. The largest absolute Gasteiger partial charge is 0.475 e. The summed E-state index contributed by atoms with van der Waals surface area (Å²) in [6.45, 7) is 2.02. The van der Waals surface area contributed by atoms with Crippen LogP contribution in [0.15, 0.2) is 102 Å². The highest BCUT2D eigenvalue weighted by molar-refractivity contribution is 5.92. The molecule has 3 aromatic carbocycles. The second-order valence-corrected chi connectivity index (χ2v) is 10.5. The maximum Gasteiger partial charge on any atom is 0.344 e. The maximum atomic E-state index is 6.24. The lowest BCUT2D eigenvalue weighted by atomic mass is 10.0. The van der Waals surface area contributed by atoms with Crippen LogP contribution in [0.3, 0.4) is 0 Å². The Labute approximate surface area is 252 Å². The first-order valence-electron chi connectivity index (χ1n) is 14.0. The molecule has 0 spiro atoms. The molecule has 5 aromatic rings. The van der Waals surface area contributed by atoms with Gasteiger partial charge in [0.1, 0.15) is 36.3 Å². The second-order valence-electron chi connectivity index (χ2n) is 10.5. The molecule has 0 amide bonds. The predicted molar refractivity (Wildman–Crippen MR) is 167 cm³/mol. The van der Waals surface area contributed by atoms with E-state index in [1.165, 1.54) is 5.56 Å². The molecule has 5 rings (SSSR count). The molecule has 2 aromatic heterocycles. The van der Waals surface area contributed by atoms with E-state index in [2.05, 4.69) is 24.3 Å². The summed E-state index contributed by atoms with van der Waals surface area (Å²) in [6.07, 6.45) is 8.65. The van der Waals surface area contributed by atoms with Gasteiger partial charge in [0.2, 0.25) is 0 Å². The van der Waals surface area contributed by atoms with Gasteiger partial charge in [0.25, 0.3) is 0 Å². The maximum absolute atomic E-state index is 6.24. The number of imidazole rings is 2. The molecule has 0 aliphatic rings. The van der Waals surface area contributed by atoms with Gasteiger partial charge in [0, 0.05) is 0 Å². The number of aromatic nitrogens is 4. The molecule has 0 unspecified atom stereocenters. The Balaban J connectivity index is 1.28. The van der Waals surface area contributed by atoms with E-state index < -0.39 is 0 Å². The SMILES string of the molecule is COC(=Nc1ccc(Cc2cccc(Oc3ccc(N=C(OC)c4n(C)cc[n+]4C)c(C)c3)c2)cc1)c1n(C)cc[n+]1C. The van der Waals surface area contributed by atoms with Gasteiger partial charge in [-0.1, -0.05) is 24.3 Å². The van der Waals surface area contributed by atoms with Crippen molar-refractivity contribution in [1.29, 1.82) is 0 Å². The first-order chi connectivity index (χ1) is 20.7. The van der Waals surface area contributed by atoms with Crippen molar-refractivity contribution in [3.05, 3.63) is 120 Å². The Morgan fingerprint density at radius 3 is 1.88 bits per heavy atom. The minimum atomic E-state index is 0.545. The zero-order valence-electron chi connectivity index (χ0n) is 25.8. The van der Waals surface area contributed by atoms with Crippen molar-refractivity contribution in [3.8, 4) is 11.5 Å². The van der Waals surface area contributed by atoms with E-state index in [4.69, 9.17) is 24.2 Å². The first-order valence-corrected chi connectivity index (χ1v) is 14.0. The van der Waals surface area contributed by atoms with Gasteiger partial charge in [-0.25, -0.2) is 28.3 Å². The van der Waals surface area contributed by atoms with Crippen molar-refractivity contribution in [2.45, 2.75) is 13.3 Å². The van der Waals surface area contributed by atoms with Crippen LogP contribution in [-0.2, 0) is 44.1 Å². The molecule has 0 aliphatic heterocycles. The van der Waals surface area contributed by atoms with E-state index in [0.29, 0.717) is 11.8 Å². The zero-order valence-corrected chi connectivity index (χ0v) is 25.8. The Morgan fingerprint density at radius 2 is 1.33 bits per heavy atom. The highest BCUT2D eigenvalue weighted by atomic mass is 16.5. The third-order valence-corrected chi connectivity index (χ3v) is 7.23. The molecule has 220 valence electrons. The lowest BCUT2D eigenvalue weighted by Gasteiger charge is -2.10. The summed E-state index contributed by atoms with van der Waals surface area (Å²) >= 11 is 0. The van der Waals surface area contributed by atoms with Gasteiger partial charge >= 0.3 is 23.4 Å². The summed E-state index contributed by atoms with van der Waals surface area (Å²) in [4.78, 5) is 9.50. The lowest BCUT2D eigenvalue weighted by molar-refractivity contribution is -0.672. The highest BCUT2D eigenvalue weighted by Gasteiger charge is 2.21. The molecule has 43 heavy (non-hydrogen) atoms. The number of benzene rings is 3. The van der Waals surface area contributed by atoms with Crippen LogP contribution in [0.25, 0.3) is 0 Å². The number of methoxy groups -OCH3 is 2. The zero-order chi connectivity index (χ0) is 30.5. The molecule has 0 bridgehead atoms. The number of aryl methyl sites for hydroxylation is 5. The fourth-order valence-electron chi connectivity index (χ4n) is 4.98. The van der Waals surface area contributed by atoms with Crippen molar-refractivity contribution >= 4 is 23.2 Å². The lowest BCUT2D eigenvalue weighted by Crippen LogP contribution is -2.35. The van der Waals surface area contributed by atoms with Crippen LogP contribution in [0.4, 0.5) is 11.4 Å². The number of hydrogen-bond acceptors (Lipinski definition) is 5. The Bertz CT molecular complexity index is 1760. The number of rotatable bonds is 8. The van der Waals surface area contributed by atoms with Crippen molar-refractivity contribution in [3.63, 3.8) is 0 Å². The average molecular weight is 579 g/mol. The molecule has 0 saturated carbocycles. The minimum Gasteiger partial charge on any atom is -0.475 e. The molecule has 0 saturated heterocycles. The quantitative estimate of drug-likeness (QED) is 0.145. The van der Waals surface area contributed by atoms with Crippen LogP contribution in [0, 0.1) is 6.92 Å². The van der Waals surface area contributed by atoms with Crippen molar-refractivity contribution in [2.24, 2.45) is 38.2 Å². The molecule has 9 nitrogen and oxygen atoms in total. The smallest absolute Gasteiger partial charge is 0.344 e. The Kier molecular flexibility index (Phi) is 8.71. The van der Waals surface area contributed by atoms with Crippen LogP contribution in [0.5, 0.6) is 11.5 Å². The molecular formula is C34H38N6O3+2. The van der Waals surface area contributed by atoms with E-state index in [-0.39, 0.29) is 0 Å². The van der Waals surface area contributed by atoms with Crippen LogP contribution in [0.2, 0.25) is 0 Å². The average Bonchev–Trinajstić information content (AvgIpc) is 3.51. The third kappa shape index (κ3) is 6.67. The summed E-state index contributed by atoms with van der Waals surface area (Å²) in [5, 5.41) is 0. The summed E-state index contributed by atoms with van der Waals surface area (Å²) < 4.78 is 25.4. The second kappa shape index (κ2) is 12.8. The number of hydrogen-bond donors (Lipinski definition) is 0. The van der Waals surface area contributed by atoms with Crippen LogP contribution in [-0.4, -0.2) is 35.1 Å². The van der Waals surface area contributed by atoms with E-state index in [1.54, 1.807) is 14.2 Å². The summed E-state index contributed by atoms with van der Waals surface area (Å²) in [7, 11) is 11.2. The van der Waals surface area contributed by atoms with E-state index in [9.17, 15) is 0 Å². The molecule has 0 N–H and O–H groups in total. The minimum absolute atomic E-state index is 0.545. The Hall–Kier alpha value is -5.18. The fourth-order valence-corrected chi connectivity index (χ4v) is 4.98. The first kappa shape index (κ1) is 29.3. The molecule has 9 heteroatoms. The van der Waals surface area contributed by atoms with Gasteiger partial charge in [-0.3, -0.25) is 0 Å². The topological polar surface area (TPSA) is 70.0 Å². The van der Waals surface area contributed by atoms with Crippen LogP contribution in [0.1, 0.15) is 28.3 Å². The van der Waals surface area contributed by atoms with Crippen molar-refractivity contribution in [2.75, 3.05) is 14.2 Å². The normalized spacial score (nSPS) is 12.0. The van der Waals surface area contributed by atoms with Gasteiger partial charge in [0.15, 0.2) is 0 Å². The molecule has 0 aliphatic carbocycles. The molecule has 2 heterocycles. The number of nitrogens with zero attached hydrogens (tertiary/aromatic N) is 6.